The maximum Gasteiger partial charge on any atom is 0.432 e. The van der Waals surface area contributed by atoms with E-state index in [4.69, 9.17) is 0 Å². The van der Waals surface area contributed by atoms with Gasteiger partial charge in [-0.1, -0.05) is 0 Å². The molecule has 130 valence electrons. The van der Waals surface area contributed by atoms with Gasteiger partial charge in [0, 0.05) is 11.8 Å². The first-order valence-electron chi connectivity index (χ1n) is 8.04. The highest BCUT2D eigenvalue weighted by molar-refractivity contribution is 8.22. The van der Waals surface area contributed by atoms with Crippen LogP contribution in [0.5, 0.6) is 0 Å². The molecule has 0 spiro atoms. The van der Waals surface area contributed by atoms with E-state index in [0.29, 0.717) is 12.3 Å². The Morgan fingerprint density at radius 3 is 2.70 bits per heavy atom. The number of esters is 1. The van der Waals surface area contributed by atoms with E-state index >= 15 is 0 Å². The predicted octanol–water partition coefficient (Wildman–Crippen LogP) is 1.82. The van der Waals surface area contributed by atoms with E-state index in [9.17, 15) is 27.1 Å². The molecule has 4 aliphatic carbocycles. The molecule has 0 aromatic carbocycles. The van der Waals surface area contributed by atoms with Gasteiger partial charge in [-0.05, 0) is 43.4 Å². The van der Waals surface area contributed by atoms with Crippen molar-refractivity contribution >= 4 is 21.1 Å². The van der Waals surface area contributed by atoms with Crippen molar-refractivity contribution in [1.29, 1.82) is 0 Å². The van der Waals surface area contributed by atoms with Crippen LogP contribution in [-0.4, -0.2) is 43.9 Å². The maximum absolute atomic E-state index is 13.8. The van der Waals surface area contributed by atoms with Gasteiger partial charge in [-0.3, -0.25) is 9.35 Å². The first kappa shape index (κ1) is 15.6. The lowest BCUT2D eigenvalue weighted by Gasteiger charge is -2.33. The molecular weight excluding hydrogens is 330 g/mol. The van der Waals surface area contributed by atoms with Crippen LogP contribution in [0.2, 0.25) is 0 Å². The fourth-order valence-corrected chi connectivity index (χ4v) is 6.91. The number of ether oxygens (including phenoxy) is 1. The summed E-state index contributed by atoms with van der Waals surface area (Å²) in [4.78, 5) is 23.8. The Kier molecular flexibility index (Phi) is 2.85. The van der Waals surface area contributed by atoms with Gasteiger partial charge >= 0.3 is 11.2 Å². The Balaban J connectivity index is 1.39. The fraction of sp³-hybridized carbons (Fsp3) is 0.867. The molecule has 0 aromatic rings. The Morgan fingerprint density at radius 1 is 1.35 bits per heavy atom. The van der Waals surface area contributed by atoms with Crippen molar-refractivity contribution in [3.05, 3.63) is 0 Å². The van der Waals surface area contributed by atoms with Crippen molar-refractivity contribution in [2.24, 2.45) is 23.2 Å². The second-order valence-corrected chi connectivity index (χ2v) is 11.6. The summed E-state index contributed by atoms with van der Waals surface area (Å²) >= 11 is 0. The fourth-order valence-electron chi connectivity index (χ4n) is 5.05. The molecule has 23 heavy (non-hydrogen) atoms. The standard InChI is InChI=1S/C15H20F2O5S/c16-15(17,23(20,21)3-4-23)13(19)22-2-1-14-7-9-5-10(8-14)12(18)11(14)6-9/h9-11H,1-8H2,(H,20,21). The summed E-state index contributed by atoms with van der Waals surface area (Å²) in [5, 5.41) is -4.34. The van der Waals surface area contributed by atoms with Gasteiger partial charge in [0.1, 0.15) is 5.78 Å². The maximum atomic E-state index is 13.8. The monoisotopic (exact) mass is 350 g/mol. The highest BCUT2D eigenvalue weighted by Crippen LogP contribution is 2.65. The summed E-state index contributed by atoms with van der Waals surface area (Å²) in [6.07, 6.45) is 3.85. The molecule has 5 aliphatic rings. The van der Waals surface area contributed by atoms with Crippen LogP contribution in [0.1, 0.15) is 32.1 Å². The smallest absolute Gasteiger partial charge is 0.432 e. The molecule has 1 heterocycles. The largest absolute Gasteiger partial charge is 0.460 e. The van der Waals surface area contributed by atoms with E-state index in [1.807, 2.05) is 0 Å². The summed E-state index contributed by atoms with van der Waals surface area (Å²) in [6.45, 7) is -0.222. The Morgan fingerprint density at radius 2 is 2.04 bits per heavy atom. The van der Waals surface area contributed by atoms with Gasteiger partial charge in [0.2, 0.25) is 0 Å². The van der Waals surface area contributed by atoms with Crippen LogP contribution in [-0.2, 0) is 23.7 Å². The SMILES string of the molecule is O=C1C2CC3CC1C(CCOC(=O)C(F)(F)S1(=O)(O)CC1)(C3)C2. The number of carbonyl (C=O) groups excluding carboxylic acids is 2. The van der Waals surface area contributed by atoms with Crippen LogP contribution in [0.15, 0.2) is 0 Å². The third-order valence-electron chi connectivity index (χ3n) is 6.43. The molecule has 4 unspecified atom stereocenters. The first-order valence-corrected chi connectivity index (χ1v) is 10.3. The number of Topliss-reactive ketones (excluding diaryl/α,β-unsaturated/α-hetero) is 1. The number of rotatable bonds is 5. The van der Waals surface area contributed by atoms with Crippen molar-refractivity contribution in [2.75, 3.05) is 18.1 Å². The van der Waals surface area contributed by atoms with Crippen LogP contribution >= 0.6 is 0 Å². The van der Waals surface area contributed by atoms with Gasteiger partial charge in [-0.25, -0.2) is 9.00 Å². The zero-order valence-corrected chi connectivity index (χ0v) is 13.4. The van der Waals surface area contributed by atoms with Crippen LogP contribution < -0.4 is 0 Å². The van der Waals surface area contributed by atoms with E-state index in [2.05, 4.69) is 4.74 Å². The third-order valence-corrected chi connectivity index (χ3v) is 9.28. The van der Waals surface area contributed by atoms with Crippen LogP contribution in [0, 0.1) is 23.2 Å². The molecular formula is C15H20F2O5S. The zero-order chi connectivity index (χ0) is 16.7. The minimum Gasteiger partial charge on any atom is -0.460 e. The first-order chi connectivity index (χ1) is 10.6. The molecule has 0 aromatic heterocycles. The molecule has 0 radical (unpaired) electrons. The van der Waals surface area contributed by atoms with Gasteiger partial charge in [0.05, 0.1) is 18.1 Å². The summed E-state index contributed by atoms with van der Waals surface area (Å²) in [5.74, 6) is -2.13. The van der Waals surface area contributed by atoms with E-state index in [1.54, 1.807) is 0 Å². The normalized spacial score (nSPS) is 43.9. The second-order valence-electron chi connectivity index (χ2n) is 7.81. The topological polar surface area (TPSA) is 80.7 Å². The number of ketones is 1. The average molecular weight is 350 g/mol. The van der Waals surface area contributed by atoms with Gasteiger partial charge in [0.25, 0.3) is 0 Å². The summed E-state index contributed by atoms with van der Waals surface area (Å²) in [6, 6.07) is 0. The third kappa shape index (κ3) is 1.94. The van der Waals surface area contributed by atoms with Crippen LogP contribution in [0.4, 0.5) is 8.78 Å². The van der Waals surface area contributed by atoms with Gasteiger partial charge in [0.15, 0.2) is 0 Å². The molecule has 1 aliphatic heterocycles. The Bertz CT molecular complexity index is 667. The van der Waals surface area contributed by atoms with Crippen molar-refractivity contribution in [3.63, 3.8) is 0 Å². The van der Waals surface area contributed by atoms with Crippen molar-refractivity contribution in [1.82, 2.24) is 0 Å². The molecule has 0 amide bonds. The average Bonchev–Trinajstić information content (AvgIpc) is 3.02. The van der Waals surface area contributed by atoms with Gasteiger partial charge < -0.3 is 4.74 Å². The van der Waals surface area contributed by atoms with Crippen molar-refractivity contribution < 1.29 is 31.9 Å². The molecule has 4 bridgehead atoms. The minimum atomic E-state index is -5.15. The molecule has 4 saturated carbocycles. The molecule has 4 atom stereocenters. The number of halogens is 2. The minimum absolute atomic E-state index is 0.0174. The number of hydrogen-bond donors (Lipinski definition) is 1. The summed E-state index contributed by atoms with van der Waals surface area (Å²) < 4.78 is 53.5. The quantitative estimate of drug-likeness (QED) is 0.604. The number of carbonyl (C=O) groups is 2. The lowest BCUT2D eigenvalue weighted by Crippen LogP contribution is -2.47. The molecule has 1 N–H and O–H groups in total. The predicted molar refractivity (Wildman–Crippen MR) is 77.4 cm³/mol. The van der Waals surface area contributed by atoms with Crippen molar-refractivity contribution in [2.45, 2.75) is 37.4 Å². The Labute approximate surface area is 132 Å². The molecule has 5 rings (SSSR count). The van der Waals surface area contributed by atoms with E-state index < -0.39 is 32.1 Å². The highest BCUT2D eigenvalue weighted by Gasteiger charge is 2.68. The van der Waals surface area contributed by atoms with Gasteiger partial charge in [-0.15, -0.1) is 9.35 Å². The van der Waals surface area contributed by atoms with Crippen LogP contribution in [0.3, 0.4) is 0 Å². The second kappa shape index (κ2) is 4.20. The highest BCUT2D eigenvalue weighted by atomic mass is 32.3. The molecule has 1 saturated heterocycles. The lowest BCUT2D eigenvalue weighted by atomic mass is 9.74. The molecule has 5 fully saturated rings. The molecule has 8 heteroatoms. The van der Waals surface area contributed by atoms with E-state index in [0.717, 1.165) is 25.7 Å². The Hall–Kier alpha value is -0.890. The van der Waals surface area contributed by atoms with Crippen molar-refractivity contribution in [3.8, 4) is 0 Å². The molecule has 5 nitrogen and oxygen atoms in total. The lowest BCUT2D eigenvalue weighted by molar-refractivity contribution is -0.162. The van der Waals surface area contributed by atoms with Crippen LogP contribution in [0.25, 0.3) is 0 Å². The number of hydrogen-bond acceptors (Lipinski definition) is 4. The van der Waals surface area contributed by atoms with E-state index in [1.165, 1.54) is 0 Å². The zero-order valence-electron chi connectivity index (χ0n) is 12.6. The van der Waals surface area contributed by atoms with E-state index in [-0.39, 0.29) is 29.6 Å². The summed E-state index contributed by atoms with van der Waals surface area (Å²) in [7, 11) is -5.15. The van der Waals surface area contributed by atoms with Gasteiger partial charge in [-0.2, -0.15) is 8.78 Å². The number of alkyl halides is 2. The summed E-state index contributed by atoms with van der Waals surface area (Å²) in [5.41, 5.74) is -0.208.